The van der Waals surface area contributed by atoms with E-state index in [2.05, 4.69) is 32.9 Å². The molecule has 5 fully saturated rings. The van der Waals surface area contributed by atoms with Gasteiger partial charge in [0.1, 0.15) is 18.1 Å². The number of fused-ring (bicyclic) bond motifs is 10. The van der Waals surface area contributed by atoms with E-state index in [4.69, 9.17) is 9.47 Å². The Morgan fingerprint density at radius 3 is 2.26 bits per heavy atom. The number of hydrogen-bond acceptors (Lipinski definition) is 7. The number of aliphatic hydroxyl groups excluding tert-OH is 1. The van der Waals surface area contributed by atoms with Gasteiger partial charge in [0, 0.05) is 36.5 Å². The highest BCUT2D eigenvalue weighted by atomic mass is 19.1. The Morgan fingerprint density at radius 2 is 1.53 bits per heavy atom. The lowest BCUT2D eigenvalue weighted by atomic mass is 9.45. The van der Waals surface area contributed by atoms with Crippen LogP contribution in [0.4, 0.5) is 4.39 Å². The first-order chi connectivity index (χ1) is 25.1. The molecule has 0 spiro atoms. The highest BCUT2D eigenvalue weighted by Gasteiger charge is 2.68. The van der Waals surface area contributed by atoms with E-state index in [1.54, 1.807) is 13.2 Å². The third-order valence-electron chi connectivity index (χ3n) is 17.9. The quantitative estimate of drug-likeness (QED) is 0.250. The molecule has 0 aromatic heterocycles. The van der Waals surface area contributed by atoms with E-state index >= 15 is 4.39 Å². The minimum atomic E-state index is -1.58. The fourth-order valence-corrected chi connectivity index (χ4v) is 14.8. The topological polar surface area (TPSA) is 107 Å². The molecular formula is C45H61FO7. The van der Waals surface area contributed by atoms with E-state index in [1.165, 1.54) is 5.57 Å². The number of allylic oxidation sites excluding steroid dienone is 5. The summed E-state index contributed by atoms with van der Waals surface area (Å²) in [6.07, 6.45) is 16.0. The highest BCUT2D eigenvalue weighted by molar-refractivity contribution is 5.97. The van der Waals surface area contributed by atoms with Crippen molar-refractivity contribution in [3.63, 3.8) is 0 Å². The van der Waals surface area contributed by atoms with Crippen LogP contribution in [-0.4, -0.2) is 53.9 Å². The maximum atomic E-state index is 17.7. The highest BCUT2D eigenvalue weighted by Crippen LogP contribution is 2.70. The Balaban J connectivity index is 0.907. The Hall–Kier alpha value is -2.61. The maximum absolute atomic E-state index is 17.7. The second-order valence-electron chi connectivity index (χ2n) is 19.6. The van der Waals surface area contributed by atoms with Crippen LogP contribution < -0.4 is 0 Å². The zero-order chi connectivity index (χ0) is 37.7. The molecule has 8 aliphatic rings. The van der Waals surface area contributed by atoms with Crippen LogP contribution in [0.5, 0.6) is 0 Å². The maximum Gasteiger partial charge on any atom is 0.306 e. The minimum Gasteiger partial charge on any atom is -0.501 e. The van der Waals surface area contributed by atoms with Gasteiger partial charge in [-0.1, -0.05) is 39.3 Å². The Morgan fingerprint density at radius 1 is 0.811 bits per heavy atom. The average Bonchev–Trinajstić information content (AvgIpc) is 3.68. The number of aliphatic hydroxyl groups is 1. The molecule has 5 saturated carbocycles. The van der Waals surface area contributed by atoms with Crippen molar-refractivity contribution in [2.75, 3.05) is 13.7 Å². The van der Waals surface area contributed by atoms with Crippen molar-refractivity contribution in [1.29, 1.82) is 0 Å². The molecule has 4 unspecified atom stereocenters. The van der Waals surface area contributed by atoms with Crippen molar-refractivity contribution in [3.05, 3.63) is 35.1 Å². The molecule has 290 valence electrons. The molecule has 8 rings (SSSR count). The van der Waals surface area contributed by atoms with Crippen molar-refractivity contribution in [3.8, 4) is 0 Å². The Bertz CT molecular complexity index is 1680. The summed E-state index contributed by atoms with van der Waals surface area (Å²) in [7, 11) is 1.76. The first-order valence-electron chi connectivity index (χ1n) is 20.9. The lowest BCUT2D eigenvalue weighted by Crippen LogP contribution is -2.62. The number of ketones is 3. The van der Waals surface area contributed by atoms with Gasteiger partial charge < -0.3 is 14.6 Å². The molecule has 8 aliphatic carbocycles. The standard InChI is InChI=1S/C45H61FO7/c1-41-18-16-28(52-5)22-26(41)6-8-29-30-10-12-34(42(30,2)19-17-31(29)41)36(48)14-15-40(51)53-39-24-44(4)27(23-37(39)49)7-9-33-32-11-13-35(38(50)25-47)43(32,3)20-21-45(33,44)46/h6,22-23,29-35,39,47H,7-21,24-25H2,1-5H3/t29?,30?,31?,32-,33-,34+,35+,39?,41-,42-,43-,44-,45+/m0/s1. The van der Waals surface area contributed by atoms with Crippen LogP contribution in [0.15, 0.2) is 35.1 Å². The number of carbonyl (C=O) groups is 4. The lowest BCUT2D eigenvalue weighted by Gasteiger charge is -2.61. The molecule has 13 atom stereocenters. The van der Waals surface area contributed by atoms with E-state index in [-0.39, 0.29) is 82.9 Å². The van der Waals surface area contributed by atoms with Crippen LogP contribution >= 0.6 is 0 Å². The lowest BCUT2D eigenvalue weighted by molar-refractivity contribution is -0.171. The molecule has 0 bridgehead atoms. The second-order valence-corrected chi connectivity index (χ2v) is 19.6. The van der Waals surface area contributed by atoms with Gasteiger partial charge in [-0.05, 0) is 141 Å². The zero-order valence-electron chi connectivity index (χ0n) is 32.6. The third-order valence-corrected chi connectivity index (χ3v) is 17.9. The minimum absolute atomic E-state index is 0.0283. The number of ether oxygens (including phenoxy) is 2. The molecule has 0 aromatic carbocycles. The molecule has 0 radical (unpaired) electrons. The fourth-order valence-electron chi connectivity index (χ4n) is 14.8. The van der Waals surface area contributed by atoms with Crippen LogP contribution in [0.1, 0.15) is 130 Å². The van der Waals surface area contributed by atoms with Gasteiger partial charge in [0.25, 0.3) is 0 Å². The Labute approximate surface area is 315 Å². The van der Waals surface area contributed by atoms with Crippen molar-refractivity contribution in [1.82, 2.24) is 0 Å². The number of methoxy groups -OCH3 is 1. The molecule has 0 heterocycles. The number of alkyl halides is 1. The SMILES string of the molecule is COC1=CC2=CCC3C(CC[C@@]4(C)C3CC[C@@H]4C(=O)CCC(=O)OC3C[C@@]4(C)C(=CC3=O)CC[C@H]3[C@@H]5CC[C@H](C(=O)CO)[C@@]5(C)CC[C@@]34F)[C@@]2(C)CC1. The largest absolute Gasteiger partial charge is 0.501 e. The molecule has 0 aliphatic heterocycles. The molecule has 1 N–H and O–H groups in total. The summed E-state index contributed by atoms with van der Waals surface area (Å²) >= 11 is 0. The summed E-state index contributed by atoms with van der Waals surface area (Å²) in [6, 6.07) is 0. The van der Waals surface area contributed by atoms with Gasteiger partial charge in [-0.15, -0.1) is 0 Å². The van der Waals surface area contributed by atoms with Crippen LogP contribution in [0.2, 0.25) is 0 Å². The number of carbonyl (C=O) groups excluding carboxylic acids is 4. The van der Waals surface area contributed by atoms with Crippen molar-refractivity contribution in [2.45, 2.75) is 142 Å². The first kappa shape index (κ1) is 37.3. The monoisotopic (exact) mass is 732 g/mol. The van der Waals surface area contributed by atoms with Crippen molar-refractivity contribution < 1.29 is 38.1 Å². The Kier molecular flexibility index (Phi) is 9.14. The van der Waals surface area contributed by atoms with Crippen molar-refractivity contribution >= 4 is 23.3 Å². The molecule has 0 aromatic rings. The molecule has 7 nitrogen and oxygen atoms in total. The van der Waals surface area contributed by atoms with Crippen LogP contribution in [0.3, 0.4) is 0 Å². The normalized spacial score (nSPS) is 46.9. The summed E-state index contributed by atoms with van der Waals surface area (Å²) in [5, 5.41) is 9.65. The van der Waals surface area contributed by atoms with E-state index in [0.717, 1.165) is 62.7 Å². The second kappa shape index (κ2) is 13.0. The van der Waals surface area contributed by atoms with Gasteiger partial charge in [-0.2, -0.15) is 0 Å². The summed E-state index contributed by atoms with van der Waals surface area (Å²) in [5.41, 5.74) is -0.561. The first-order valence-corrected chi connectivity index (χ1v) is 20.9. The predicted molar refractivity (Wildman–Crippen MR) is 198 cm³/mol. The van der Waals surface area contributed by atoms with Gasteiger partial charge in [0.15, 0.2) is 17.7 Å². The molecule has 0 amide bonds. The van der Waals surface area contributed by atoms with Gasteiger partial charge in [-0.3, -0.25) is 19.2 Å². The summed E-state index contributed by atoms with van der Waals surface area (Å²) in [4.78, 5) is 53.3. The van der Waals surface area contributed by atoms with Gasteiger partial charge in [0.05, 0.1) is 19.3 Å². The van der Waals surface area contributed by atoms with Crippen molar-refractivity contribution in [2.24, 2.45) is 63.1 Å². The van der Waals surface area contributed by atoms with E-state index in [0.29, 0.717) is 43.4 Å². The zero-order valence-corrected chi connectivity index (χ0v) is 32.6. The number of esters is 1. The summed E-state index contributed by atoms with van der Waals surface area (Å²) in [5.74, 6) is 1.33. The average molecular weight is 733 g/mol. The summed E-state index contributed by atoms with van der Waals surface area (Å²) in [6.45, 7) is 8.31. The molecule has 0 saturated heterocycles. The smallest absolute Gasteiger partial charge is 0.306 e. The fraction of sp³-hybridized carbons (Fsp3) is 0.778. The number of halogens is 1. The van der Waals surface area contributed by atoms with Crippen LogP contribution in [0.25, 0.3) is 0 Å². The number of Topliss-reactive ketones (excluding diaryl/α,β-unsaturated/α-hetero) is 2. The van der Waals surface area contributed by atoms with Crippen LogP contribution in [-0.2, 0) is 28.7 Å². The molecule has 8 heteroatoms. The third kappa shape index (κ3) is 5.39. The summed E-state index contributed by atoms with van der Waals surface area (Å²) < 4.78 is 29.2. The van der Waals surface area contributed by atoms with Gasteiger partial charge in [0.2, 0.25) is 0 Å². The number of hydrogen-bond donors (Lipinski definition) is 1. The van der Waals surface area contributed by atoms with Crippen LogP contribution in [0, 0.1) is 63.1 Å². The van der Waals surface area contributed by atoms with E-state index in [9.17, 15) is 24.3 Å². The molecule has 53 heavy (non-hydrogen) atoms. The predicted octanol–water partition coefficient (Wildman–Crippen LogP) is 8.38. The van der Waals surface area contributed by atoms with Gasteiger partial charge in [-0.25, -0.2) is 4.39 Å². The van der Waals surface area contributed by atoms with Gasteiger partial charge >= 0.3 is 5.97 Å². The molecular weight excluding hydrogens is 671 g/mol. The van der Waals surface area contributed by atoms with E-state index in [1.807, 2.05) is 6.92 Å². The number of rotatable bonds is 8. The van der Waals surface area contributed by atoms with E-state index < -0.39 is 29.8 Å².